The largest absolute Gasteiger partial charge is 0.489 e. The highest BCUT2D eigenvalue weighted by molar-refractivity contribution is 14.1. The number of hydrogen-bond acceptors (Lipinski definition) is 4. The predicted octanol–water partition coefficient (Wildman–Crippen LogP) is 6.68. The van der Waals surface area contributed by atoms with Gasteiger partial charge in [0.15, 0.2) is 0 Å². The standard InChI is InChI=1S/C27H19IN2O3/c28-22-8-6-20(7-9-22)26-15-14-25(33-26)16-21(17-29)27(31)30-23-10-12-24(13-11-23)32-18-19-4-2-1-3-5-19/h1-16H,18H2,(H,30,31)/b21-16+. The molecule has 0 radical (unpaired) electrons. The van der Waals surface area contributed by atoms with Crippen LogP contribution in [0.2, 0.25) is 0 Å². The molecule has 1 heterocycles. The van der Waals surface area contributed by atoms with Gasteiger partial charge >= 0.3 is 0 Å². The van der Waals surface area contributed by atoms with Gasteiger partial charge in [0, 0.05) is 20.9 Å². The molecular weight excluding hydrogens is 527 g/mol. The Balaban J connectivity index is 1.39. The van der Waals surface area contributed by atoms with Crippen LogP contribution in [0.4, 0.5) is 5.69 Å². The summed E-state index contributed by atoms with van der Waals surface area (Å²) in [6.07, 6.45) is 1.43. The van der Waals surface area contributed by atoms with Crippen LogP contribution >= 0.6 is 22.6 Å². The van der Waals surface area contributed by atoms with Crippen molar-refractivity contribution in [3.05, 3.63) is 111 Å². The lowest BCUT2D eigenvalue weighted by atomic mass is 10.2. The quantitative estimate of drug-likeness (QED) is 0.160. The van der Waals surface area contributed by atoms with Crippen molar-refractivity contribution in [1.29, 1.82) is 5.26 Å². The number of nitriles is 1. The summed E-state index contributed by atoms with van der Waals surface area (Å²) in [6, 6.07) is 30.2. The molecule has 0 aliphatic rings. The third-order valence-corrected chi connectivity index (χ3v) is 5.49. The Hall–Kier alpha value is -3.83. The maximum atomic E-state index is 12.6. The highest BCUT2D eigenvalue weighted by atomic mass is 127. The van der Waals surface area contributed by atoms with Crippen LogP contribution in [0.1, 0.15) is 11.3 Å². The third-order valence-electron chi connectivity index (χ3n) is 4.77. The topological polar surface area (TPSA) is 75.3 Å². The molecule has 6 heteroatoms. The summed E-state index contributed by atoms with van der Waals surface area (Å²) in [6.45, 7) is 0.460. The first-order chi connectivity index (χ1) is 16.1. The van der Waals surface area contributed by atoms with Crippen LogP contribution in [0.15, 0.2) is 101 Å². The lowest BCUT2D eigenvalue weighted by Crippen LogP contribution is -2.13. The maximum Gasteiger partial charge on any atom is 0.266 e. The Morgan fingerprint density at radius 3 is 2.39 bits per heavy atom. The molecule has 1 N–H and O–H groups in total. The second-order valence-corrected chi connectivity index (χ2v) is 8.38. The van der Waals surface area contributed by atoms with E-state index in [9.17, 15) is 10.1 Å². The van der Waals surface area contributed by atoms with Crippen LogP contribution in [0.25, 0.3) is 17.4 Å². The van der Waals surface area contributed by atoms with Crippen molar-refractivity contribution in [2.24, 2.45) is 0 Å². The first kappa shape index (κ1) is 22.4. The zero-order valence-electron chi connectivity index (χ0n) is 17.5. The average Bonchev–Trinajstić information content (AvgIpc) is 3.32. The van der Waals surface area contributed by atoms with Gasteiger partial charge < -0.3 is 14.5 Å². The van der Waals surface area contributed by atoms with Gasteiger partial charge in [-0.3, -0.25) is 4.79 Å². The summed E-state index contributed by atoms with van der Waals surface area (Å²) in [7, 11) is 0. The SMILES string of the molecule is N#C/C(=C\c1ccc(-c2ccc(I)cc2)o1)C(=O)Nc1ccc(OCc2ccccc2)cc1. The normalized spacial score (nSPS) is 11.0. The highest BCUT2D eigenvalue weighted by Gasteiger charge is 2.12. The zero-order chi connectivity index (χ0) is 23.0. The molecule has 1 aromatic heterocycles. The van der Waals surface area contributed by atoms with E-state index < -0.39 is 5.91 Å². The van der Waals surface area contributed by atoms with Gasteiger partial charge in [0.2, 0.25) is 0 Å². The van der Waals surface area contributed by atoms with E-state index >= 15 is 0 Å². The van der Waals surface area contributed by atoms with Crippen LogP contribution in [0, 0.1) is 14.9 Å². The smallest absolute Gasteiger partial charge is 0.266 e. The van der Waals surface area contributed by atoms with Crippen LogP contribution in [0.3, 0.4) is 0 Å². The van der Waals surface area contributed by atoms with Crippen molar-refractivity contribution >= 4 is 40.3 Å². The van der Waals surface area contributed by atoms with Gasteiger partial charge in [0.25, 0.3) is 5.91 Å². The number of carbonyl (C=O) groups is 1. The first-order valence-corrected chi connectivity index (χ1v) is 11.2. The van der Waals surface area contributed by atoms with Gasteiger partial charge in [0.1, 0.15) is 35.5 Å². The van der Waals surface area contributed by atoms with Crippen molar-refractivity contribution in [3.8, 4) is 23.1 Å². The van der Waals surface area contributed by atoms with E-state index in [4.69, 9.17) is 9.15 Å². The summed E-state index contributed by atoms with van der Waals surface area (Å²) in [4.78, 5) is 12.6. The van der Waals surface area contributed by atoms with Crippen LogP contribution < -0.4 is 10.1 Å². The Morgan fingerprint density at radius 2 is 1.70 bits per heavy atom. The number of rotatable bonds is 7. The molecule has 0 bridgehead atoms. The van der Waals surface area contributed by atoms with Gasteiger partial charge in [-0.25, -0.2) is 0 Å². The van der Waals surface area contributed by atoms with E-state index in [1.165, 1.54) is 6.08 Å². The van der Waals surface area contributed by atoms with Crippen molar-refractivity contribution in [2.75, 3.05) is 5.32 Å². The van der Waals surface area contributed by atoms with Crippen LogP contribution in [-0.2, 0) is 11.4 Å². The molecule has 0 fully saturated rings. The monoisotopic (exact) mass is 546 g/mol. The molecule has 33 heavy (non-hydrogen) atoms. The number of amides is 1. The third kappa shape index (κ3) is 6.11. The molecule has 1 amide bonds. The van der Waals surface area contributed by atoms with E-state index in [0.29, 0.717) is 29.6 Å². The van der Waals surface area contributed by atoms with Crippen LogP contribution in [0.5, 0.6) is 5.75 Å². The molecule has 0 saturated carbocycles. The Bertz CT molecular complexity index is 1300. The fourth-order valence-corrected chi connectivity index (χ4v) is 3.42. The van der Waals surface area contributed by atoms with Gasteiger partial charge in [0.05, 0.1) is 0 Å². The summed E-state index contributed by atoms with van der Waals surface area (Å²) >= 11 is 2.24. The van der Waals surface area contributed by atoms with E-state index in [-0.39, 0.29) is 5.57 Å². The number of anilines is 1. The first-order valence-electron chi connectivity index (χ1n) is 10.2. The zero-order valence-corrected chi connectivity index (χ0v) is 19.7. The summed E-state index contributed by atoms with van der Waals surface area (Å²) < 4.78 is 12.7. The number of benzene rings is 3. The highest BCUT2D eigenvalue weighted by Crippen LogP contribution is 2.24. The molecular formula is C27H19IN2O3. The summed E-state index contributed by atoms with van der Waals surface area (Å²) in [5.41, 5.74) is 2.50. The number of hydrogen-bond donors (Lipinski definition) is 1. The lowest BCUT2D eigenvalue weighted by Gasteiger charge is -2.08. The average molecular weight is 546 g/mol. The molecule has 0 saturated heterocycles. The molecule has 0 aliphatic carbocycles. The fourth-order valence-electron chi connectivity index (χ4n) is 3.06. The molecule has 0 unspecified atom stereocenters. The Morgan fingerprint density at radius 1 is 0.970 bits per heavy atom. The number of nitrogens with one attached hydrogen (secondary N) is 1. The van der Waals surface area contributed by atoms with Gasteiger partial charge in [-0.05, 0) is 76.7 Å². The lowest BCUT2D eigenvalue weighted by molar-refractivity contribution is -0.112. The second-order valence-electron chi connectivity index (χ2n) is 7.13. The van der Waals surface area contributed by atoms with E-state index in [2.05, 4.69) is 27.9 Å². The molecule has 4 aromatic rings. The summed E-state index contributed by atoms with van der Waals surface area (Å²) in [5.74, 6) is 1.27. The number of carbonyl (C=O) groups excluding carboxylic acids is 1. The molecule has 3 aromatic carbocycles. The van der Waals surface area contributed by atoms with E-state index in [0.717, 1.165) is 14.7 Å². The molecule has 5 nitrogen and oxygen atoms in total. The Kier molecular flexibility index (Phi) is 7.22. The minimum atomic E-state index is -0.511. The minimum Gasteiger partial charge on any atom is -0.489 e. The Labute approximate surface area is 205 Å². The molecule has 0 aliphatic heterocycles. The van der Waals surface area contributed by atoms with Crippen molar-refractivity contribution in [1.82, 2.24) is 0 Å². The summed E-state index contributed by atoms with van der Waals surface area (Å²) in [5, 5.41) is 12.2. The molecule has 4 rings (SSSR count). The minimum absolute atomic E-state index is 0.0529. The maximum absolute atomic E-state index is 12.6. The van der Waals surface area contributed by atoms with Crippen molar-refractivity contribution < 1.29 is 13.9 Å². The van der Waals surface area contributed by atoms with Gasteiger partial charge in [-0.15, -0.1) is 0 Å². The van der Waals surface area contributed by atoms with E-state index in [1.54, 1.807) is 30.3 Å². The molecule has 0 spiro atoms. The van der Waals surface area contributed by atoms with Crippen LogP contribution in [-0.4, -0.2) is 5.91 Å². The van der Waals surface area contributed by atoms with Crippen molar-refractivity contribution in [3.63, 3.8) is 0 Å². The molecule has 0 atom stereocenters. The van der Waals surface area contributed by atoms with Gasteiger partial charge in [-0.1, -0.05) is 42.5 Å². The van der Waals surface area contributed by atoms with Gasteiger partial charge in [-0.2, -0.15) is 5.26 Å². The van der Waals surface area contributed by atoms with E-state index in [1.807, 2.05) is 66.7 Å². The molecule has 162 valence electrons. The predicted molar refractivity (Wildman–Crippen MR) is 136 cm³/mol. The number of ether oxygens (including phenoxy) is 1. The second kappa shape index (κ2) is 10.7. The number of halogens is 1. The van der Waals surface area contributed by atoms with Crippen molar-refractivity contribution in [2.45, 2.75) is 6.61 Å². The number of nitrogens with zero attached hydrogens (tertiary/aromatic N) is 1. The number of furan rings is 1. The fraction of sp³-hybridized carbons (Fsp3) is 0.0370.